The molecule has 0 aliphatic heterocycles. The van der Waals surface area contributed by atoms with Crippen LogP contribution in [0.5, 0.6) is 0 Å². The van der Waals surface area contributed by atoms with Crippen molar-refractivity contribution in [1.29, 1.82) is 0 Å². The lowest BCUT2D eigenvalue weighted by Gasteiger charge is -2.07. The van der Waals surface area contributed by atoms with Gasteiger partial charge in [-0.2, -0.15) is 0 Å². The van der Waals surface area contributed by atoms with Crippen molar-refractivity contribution in [3.8, 4) is 0 Å². The summed E-state index contributed by atoms with van der Waals surface area (Å²) in [6, 6.07) is 0. The van der Waals surface area contributed by atoms with E-state index in [1.165, 1.54) is 16.4 Å². The molecule has 1 aromatic rings. The lowest BCUT2D eigenvalue weighted by molar-refractivity contribution is 0.602. The number of halogens is 1. The number of hydrogen-bond donors (Lipinski definition) is 0. The van der Waals surface area contributed by atoms with E-state index in [1.54, 1.807) is 6.20 Å². The lowest BCUT2D eigenvalue weighted by Crippen LogP contribution is -2.03. The van der Waals surface area contributed by atoms with Crippen LogP contribution in [0.1, 0.15) is 11.3 Å². The van der Waals surface area contributed by atoms with Crippen molar-refractivity contribution >= 4 is 23.1 Å². The van der Waals surface area contributed by atoms with Crippen LogP contribution in [0.4, 0.5) is 0 Å². The van der Waals surface area contributed by atoms with Crippen molar-refractivity contribution in [3.63, 3.8) is 0 Å². The van der Waals surface area contributed by atoms with Gasteiger partial charge in [0.15, 0.2) is 0 Å². The van der Waals surface area contributed by atoms with Gasteiger partial charge in [-0.25, -0.2) is 0 Å². The maximum atomic E-state index is 5.78. The van der Waals surface area contributed by atoms with Crippen LogP contribution in [-0.2, 0) is 6.42 Å². The maximum absolute atomic E-state index is 5.78. The number of hydrogen-bond acceptors (Lipinski definition) is 3. The molecule has 0 fully saturated rings. The van der Waals surface area contributed by atoms with Gasteiger partial charge in [-0.05, 0) is 30.3 Å². The van der Waals surface area contributed by atoms with Crippen molar-refractivity contribution in [3.05, 3.63) is 23.7 Å². The highest BCUT2D eigenvalue weighted by atomic mass is 35.5. The molecule has 0 aromatic carbocycles. The molecular weight excluding hydrogens is 192 g/mol. The Balaban J connectivity index is 2.42. The molecule has 1 heterocycles. The molecule has 0 amide bonds. The fourth-order valence-electron chi connectivity index (χ4n) is 0.999. The molecule has 0 radical (unpaired) electrons. The molecular formula is C8H11ClN2S. The van der Waals surface area contributed by atoms with Gasteiger partial charge in [-0.3, -0.25) is 0 Å². The topological polar surface area (TPSA) is 25.8 Å². The molecule has 12 heavy (non-hydrogen) atoms. The summed E-state index contributed by atoms with van der Waals surface area (Å²) in [5.74, 6) is 1.15. The molecule has 0 aliphatic carbocycles. The predicted octanol–water partition coefficient (Wildman–Crippen LogP) is 2.51. The second-order valence-corrected chi connectivity index (χ2v) is 3.81. The Morgan fingerprint density at radius 3 is 3.08 bits per heavy atom. The highest BCUT2D eigenvalue weighted by Crippen LogP contribution is 2.15. The van der Waals surface area contributed by atoms with Crippen molar-refractivity contribution in [2.45, 2.75) is 12.8 Å². The molecule has 0 saturated carbocycles. The van der Waals surface area contributed by atoms with E-state index >= 15 is 0 Å². The van der Waals surface area contributed by atoms with Gasteiger partial charge < -0.3 is 0 Å². The Morgan fingerprint density at radius 1 is 1.75 bits per heavy atom. The summed E-state index contributed by atoms with van der Waals surface area (Å²) >= 11 is 7.22. The van der Waals surface area contributed by atoms with Crippen molar-refractivity contribution < 1.29 is 0 Å². The SMILES string of the molecule is C=CCC(CCl)Cc1cnns1. The largest absolute Gasteiger partial charge is 0.146 e. The summed E-state index contributed by atoms with van der Waals surface area (Å²) < 4.78 is 3.79. The smallest absolute Gasteiger partial charge is 0.0653 e. The van der Waals surface area contributed by atoms with E-state index in [2.05, 4.69) is 16.2 Å². The normalized spacial score (nSPS) is 12.8. The van der Waals surface area contributed by atoms with Crippen molar-refractivity contribution in [2.75, 3.05) is 5.88 Å². The van der Waals surface area contributed by atoms with Crippen LogP contribution in [0, 0.1) is 5.92 Å². The van der Waals surface area contributed by atoms with Crippen LogP contribution in [0.3, 0.4) is 0 Å². The second-order valence-electron chi connectivity index (χ2n) is 2.63. The minimum absolute atomic E-state index is 0.478. The van der Waals surface area contributed by atoms with E-state index < -0.39 is 0 Å². The highest BCUT2D eigenvalue weighted by Gasteiger charge is 2.07. The summed E-state index contributed by atoms with van der Waals surface area (Å²) in [6.07, 6.45) is 5.63. The fraction of sp³-hybridized carbons (Fsp3) is 0.500. The van der Waals surface area contributed by atoms with E-state index in [-0.39, 0.29) is 0 Å². The van der Waals surface area contributed by atoms with Crippen molar-refractivity contribution in [1.82, 2.24) is 9.59 Å². The van der Waals surface area contributed by atoms with Crippen LogP contribution < -0.4 is 0 Å². The van der Waals surface area contributed by atoms with Crippen LogP contribution in [0.2, 0.25) is 0 Å². The standard InChI is InChI=1S/C8H11ClN2S/c1-2-3-7(5-9)4-8-6-10-11-12-8/h2,6-7H,1,3-5H2. The van der Waals surface area contributed by atoms with Gasteiger partial charge in [-0.15, -0.1) is 23.3 Å². The summed E-state index contributed by atoms with van der Waals surface area (Å²) in [6.45, 7) is 3.69. The lowest BCUT2D eigenvalue weighted by atomic mass is 10.0. The number of allylic oxidation sites excluding steroid dienone is 1. The Kier molecular flexibility index (Phi) is 4.25. The molecule has 0 spiro atoms. The van der Waals surface area contributed by atoms with E-state index in [0.29, 0.717) is 11.8 Å². The Morgan fingerprint density at radius 2 is 2.58 bits per heavy atom. The molecule has 66 valence electrons. The van der Waals surface area contributed by atoms with Crippen LogP contribution >= 0.6 is 23.1 Å². The summed E-state index contributed by atoms with van der Waals surface area (Å²) in [5.41, 5.74) is 0. The summed E-state index contributed by atoms with van der Waals surface area (Å²) in [7, 11) is 0. The van der Waals surface area contributed by atoms with E-state index in [4.69, 9.17) is 11.6 Å². The average molecular weight is 203 g/mol. The van der Waals surface area contributed by atoms with Crippen molar-refractivity contribution in [2.24, 2.45) is 5.92 Å². The van der Waals surface area contributed by atoms with E-state index in [9.17, 15) is 0 Å². The van der Waals surface area contributed by atoms with Gasteiger partial charge in [0.05, 0.1) is 6.20 Å². The zero-order valence-electron chi connectivity index (χ0n) is 6.74. The maximum Gasteiger partial charge on any atom is 0.0653 e. The zero-order valence-corrected chi connectivity index (χ0v) is 8.31. The minimum Gasteiger partial charge on any atom is -0.146 e. The monoisotopic (exact) mass is 202 g/mol. The van der Waals surface area contributed by atoms with Gasteiger partial charge in [0.1, 0.15) is 0 Å². The molecule has 0 saturated heterocycles. The fourth-order valence-corrected chi connectivity index (χ4v) is 1.84. The molecule has 1 rings (SSSR count). The first-order valence-electron chi connectivity index (χ1n) is 3.80. The number of rotatable bonds is 5. The molecule has 0 aliphatic rings. The summed E-state index contributed by atoms with van der Waals surface area (Å²) in [4.78, 5) is 1.20. The third-order valence-corrected chi connectivity index (χ3v) is 2.73. The highest BCUT2D eigenvalue weighted by molar-refractivity contribution is 7.05. The van der Waals surface area contributed by atoms with Gasteiger partial charge >= 0.3 is 0 Å². The van der Waals surface area contributed by atoms with Crippen LogP contribution in [-0.4, -0.2) is 15.5 Å². The van der Waals surface area contributed by atoms with Gasteiger partial charge in [0, 0.05) is 10.8 Å². The molecule has 1 unspecified atom stereocenters. The Hall–Kier alpha value is -0.410. The molecule has 1 aromatic heterocycles. The quantitative estimate of drug-likeness (QED) is 0.542. The molecule has 1 atom stereocenters. The first-order chi connectivity index (χ1) is 5.86. The molecule has 2 nitrogen and oxygen atoms in total. The van der Waals surface area contributed by atoms with Gasteiger partial charge in [0.25, 0.3) is 0 Å². The van der Waals surface area contributed by atoms with E-state index in [0.717, 1.165) is 12.8 Å². The molecule has 0 N–H and O–H groups in total. The van der Waals surface area contributed by atoms with E-state index in [1.807, 2.05) is 6.08 Å². The van der Waals surface area contributed by atoms with Gasteiger partial charge in [-0.1, -0.05) is 10.6 Å². The molecule has 0 bridgehead atoms. The second kappa shape index (κ2) is 5.27. The number of aromatic nitrogens is 2. The average Bonchev–Trinajstić information content (AvgIpc) is 2.56. The summed E-state index contributed by atoms with van der Waals surface area (Å²) in [5, 5.41) is 3.77. The van der Waals surface area contributed by atoms with Crippen LogP contribution in [0.15, 0.2) is 18.9 Å². The number of nitrogens with zero attached hydrogens (tertiary/aromatic N) is 2. The third kappa shape index (κ3) is 2.91. The zero-order chi connectivity index (χ0) is 8.81. The third-order valence-electron chi connectivity index (χ3n) is 1.62. The minimum atomic E-state index is 0.478. The number of alkyl halides is 1. The molecule has 4 heteroatoms. The Labute approximate surface area is 81.4 Å². The predicted molar refractivity (Wildman–Crippen MR) is 52.6 cm³/mol. The van der Waals surface area contributed by atoms with Crippen LogP contribution in [0.25, 0.3) is 0 Å². The first kappa shape index (κ1) is 9.68. The van der Waals surface area contributed by atoms with Gasteiger partial charge in [0.2, 0.25) is 0 Å². The first-order valence-corrected chi connectivity index (χ1v) is 5.10. The Bertz CT molecular complexity index is 223.